The van der Waals surface area contributed by atoms with Gasteiger partial charge in [-0.1, -0.05) is 20.3 Å². The van der Waals surface area contributed by atoms with Gasteiger partial charge in [0.15, 0.2) is 0 Å². The molecule has 3 amide bonds. The Bertz CT molecular complexity index is 503. The van der Waals surface area contributed by atoms with Crippen molar-refractivity contribution < 1.29 is 24.3 Å². The maximum absolute atomic E-state index is 12.5. The van der Waals surface area contributed by atoms with E-state index in [-0.39, 0.29) is 5.92 Å². The smallest absolute Gasteiger partial charge is 0.322 e. The van der Waals surface area contributed by atoms with Crippen molar-refractivity contribution in [3.05, 3.63) is 0 Å². The van der Waals surface area contributed by atoms with Crippen LogP contribution in [0.2, 0.25) is 0 Å². The second kappa shape index (κ2) is 12.5. The molecule has 0 aromatic heterocycles. The van der Waals surface area contributed by atoms with E-state index in [9.17, 15) is 19.2 Å². The molecule has 0 aliphatic rings. The van der Waals surface area contributed by atoms with Crippen LogP contribution in [-0.2, 0) is 19.2 Å². The van der Waals surface area contributed by atoms with Gasteiger partial charge < -0.3 is 26.8 Å². The third-order valence-corrected chi connectivity index (χ3v) is 4.57. The SMILES string of the molecule is CCC(C)C(NC(=O)C(N)CCSC)C(=O)NC(C)C(=O)NCC(=O)O. The Balaban J connectivity index is 4.85. The average Bonchev–Trinajstić information content (AvgIpc) is 2.60. The van der Waals surface area contributed by atoms with E-state index in [1.165, 1.54) is 6.92 Å². The fourth-order valence-electron chi connectivity index (χ4n) is 2.02. The molecular formula is C16H30N4O5S. The van der Waals surface area contributed by atoms with Gasteiger partial charge >= 0.3 is 5.97 Å². The molecule has 6 N–H and O–H groups in total. The summed E-state index contributed by atoms with van der Waals surface area (Å²) < 4.78 is 0. The Labute approximate surface area is 158 Å². The molecule has 10 heteroatoms. The summed E-state index contributed by atoms with van der Waals surface area (Å²) in [6, 6.07) is -2.48. The van der Waals surface area contributed by atoms with E-state index in [1.54, 1.807) is 11.8 Å². The topological polar surface area (TPSA) is 151 Å². The van der Waals surface area contributed by atoms with Gasteiger partial charge in [-0.2, -0.15) is 11.8 Å². The summed E-state index contributed by atoms with van der Waals surface area (Å²) >= 11 is 1.58. The number of rotatable bonds is 12. The van der Waals surface area contributed by atoms with Crippen molar-refractivity contribution in [1.29, 1.82) is 0 Å². The number of nitrogens with one attached hydrogen (secondary N) is 3. The minimum Gasteiger partial charge on any atom is -0.480 e. The highest BCUT2D eigenvalue weighted by atomic mass is 32.2. The Morgan fingerprint density at radius 3 is 2.19 bits per heavy atom. The highest BCUT2D eigenvalue weighted by Crippen LogP contribution is 2.09. The minimum atomic E-state index is -1.18. The van der Waals surface area contributed by atoms with Crippen molar-refractivity contribution in [1.82, 2.24) is 16.0 Å². The molecule has 0 aromatic carbocycles. The molecule has 9 nitrogen and oxygen atoms in total. The molecule has 0 radical (unpaired) electrons. The highest BCUT2D eigenvalue weighted by Gasteiger charge is 2.29. The molecule has 0 spiro atoms. The predicted octanol–water partition coefficient (Wildman–Crippen LogP) is -0.697. The highest BCUT2D eigenvalue weighted by molar-refractivity contribution is 7.98. The fourth-order valence-corrected chi connectivity index (χ4v) is 2.51. The third kappa shape index (κ3) is 9.04. The zero-order valence-corrected chi connectivity index (χ0v) is 16.5. The zero-order valence-electron chi connectivity index (χ0n) is 15.7. The maximum atomic E-state index is 12.5. The summed E-state index contributed by atoms with van der Waals surface area (Å²) in [6.07, 6.45) is 3.05. The van der Waals surface area contributed by atoms with Crippen molar-refractivity contribution in [2.24, 2.45) is 11.7 Å². The molecule has 4 unspecified atom stereocenters. The van der Waals surface area contributed by atoms with Crippen LogP contribution >= 0.6 is 11.8 Å². The van der Waals surface area contributed by atoms with E-state index in [0.717, 1.165) is 5.75 Å². The van der Waals surface area contributed by atoms with Gasteiger partial charge in [-0.05, 0) is 31.3 Å². The molecule has 0 aliphatic heterocycles. The molecule has 0 heterocycles. The van der Waals surface area contributed by atoms with Crippen LogP contribution in [0.3, 0.4) is 0 Å². The fraction of sp³-hybridized carbons (Fsp3) is 0.750. The van der Waals surface area contributed by atoms with Crippen LogP contribution in [0.1, 0.15) is 33.6 Å². The summed E-state index contributed by atoms with van der Waals surface area (Å²) in [6.45, 7) is 4.60. The third-order valence-electron chi connectivity index (χ3n) is 3.93. The number of amides is 3. The lowest BCUT2D eigenvalue weighted by Crippen LogP contribution is -2.57. The largest absolute Gasteiger partial charge is 0.480 e. The Kier molecular flexibility index (Phi) is 11.7. The van der Waals surface area contributed by atoms with Crippen LogP contribution < -0.4 is 21.7 Å². The normalized spacial score (nSPS) is 15.3. The second-order valence-corrected chi connectivity index (χ2v) is 7.09. The number of hydrogen-bond acceptors (Lipinski definition) is 6. The summed E-state index contributed by atoms with van der Waals surface area (Å²) in [4.78, 5) is 47.0. The quantitative estimate of drug-likeness (QED) is 0.296. The number of hydrogen-bond donors (Lipinski definition) is 5. The van der Waals surface area contributed by atoms with Crippen molar-refractivity contribution >= 4 is 35.5 Å². The van der Waals surface area contributed by atoms with Gasteiger partial charge in [-0.25, -0.2) is 0 Å². The molecule has 0 saturated heterocycles. The van der Waals surface area contributed by atoms with Crippen LogP contribution in [0.5, 0.6) is 0 Å². The van der Waals surface area contributed by atoms with Crippen LogP contribution in [0.4, 0.5) is 0 Å². The van der Waals surface area contributed by atoms with Crippen LogP contribution in [0, 0.1) is 5.92 Å². The van der Waals surface area contributed by atoms with Crippen LogP contribution in [-0.4, -0.2) is 65.5 Å². The van der Waals surface area contributed by atoms with Gasteiger partial charge in [0.25, 0.3) is 0 Å². The van der Waals surface area contributed by atoms with Crippen molar-refractivity contribution in [3.8, 4) is 0 Å². The summed E-state index contributed by atoms with van der Waals surface area (Å²) in [7, 11) is 0. The molecule has 26 heavy (non-hydrogen) atoms. The van der Waals surface area contributed by atoms with Crippen LogP contribution in [0.25, 0.3) is 0 Å². The summed E-state index contributed by atoms with van der Waals surface area (Å²) in [5.74, 6) is -2.16. The Morgan fingerprint density at radius 1 is 1.08 bits per heavy atom. The number of carbonyl (C=O) groups is 4. The number of carbonyl (C=O) groups excluding carboxylic acids is 3. The van der Waals surface area contributed by atoms with Gasteiger partial charge in [-0.15, -0.1) is 0 Å². The lowest BCUT2D eigenvalue weighted by molar-refractivity contribution is -0.138. The van der Waals surface area contributed by atoms with Gasteiger partial charge in [0, 0.05) is 0 Å². The molecule has 0 saturated carbocycles. The van der Waals surface area contributed by atoms with E-state index in [1.807, 2.05) is 20.1 Å². The number of carboxylic acids is 1. The molecule has 0 fully saturated rings. The van der Waals surface area contributed by atoms with Crippen LogP contribution in [0.15, 0.2) is 0 Å². The number of nitrogens with two attached hydrogens (primary N) is 1. The lowest BCUT2D eigenvalue weighted by Gasteiger charge is -2.26. The van der Waals surface area contributed by atoms with Crippen molar-refractivity contribution in [2.75, 3.05) is 18.6 Å². The number of aliphatic carboxylic acids is 1. The molecule has 150 valence electrons. The summed E-state index contributed by atoms with van der Waals surface area (Å²) in [5.41, 5.74) is 5.83. The van der Waals surface area contributed by atoms with Crippen molar-refractivity contribution in [2.45, 2.75) is 51.7 Å². The maximum Gasteiger partial charge on any atom is 0.322 e. The first kappa shape index (κ1) is 24.2. The van der Waals surface area contributed by atoms with E-state index >= 15 is 0 Å². The van der Waals surface area contributed by atoms with Gasteiger partial charge in [0.2, 0.25) is 17.7 Å². The van der Waals surface area contributed by atoms with Gasteiger partial charge in [0.1, 0.15) is 18.6 Å². The molecule has 0 aromatic rings. The van der Waals surface area contributed by atoms with Gasteiger partial charge in [0.05, 0.1) is 6.04 Å². The van der Waals surface area contributed by atoms with E-state index in [0.29, 0.717) is 12.8 Å². The predicted molar refractivity (Wildman–Crippen MR) is 101 cm³/mol. The van der Waals surface area contributed by atoms with Gasteiger partial charge in [-0.3, -0.25) is 19.2 Å². The van der Waals surface area contributed by atoms with E-state index < -0.39 is 48.4 Å². The molecular weight excluding hydrogens is 360 g/mol. The van der Waals surface area contributed by atoms with E-state index in [2.05, 4.69) is 16.0 Å². The molecule has 0 aliphatic carbocycles. The minimum absolute atomic E-state index is 0.166. The first-order chi connectivity index (χ1) is 12.1. The average molecular weight is 391 g/mol. The molecule has 4 atom stereocenters. The van der Waals surface area contributed by atoms with Crippen molar-refractivity contribution in [3.63, 3.8) is 0 Å². The first-order valence-electron chi connectivity index (χ1n) is 8.48. The second-order valence-electron chi connectivity index (χ2n) is 6.10. The monoisotopic (exact) mass is 390 g/mol. The lowest BCUT2D eigenvalue weighted by atomic mass is 9.97. The number of thioether (sulfide) groups is 1. The molecule has 0 rings (SSSR count). The summed E-state index contributed by atoms with van der Waals surface area (Å²) in [5, 5.41) is 15.9. The molecule has 0 bridgehead atoms. The standard InChI is InChI=1S/C16H30N4O5S/c1-5-9(2)13(20-15(24)11(17)6-7-26-4)16(25)19-10(3)14(23)18-8-12(21)22/h9-11,13H,5-8,17H2,1-4H3,(H,18,23)(H,19,25)(H,20,24)(H,21,22). The van der Waals surface area contributed by atoms with E-state index in [4.69, 9.17) is 10.8 Å². The zero-order chi connectivity index (χ0) is 20.3. The Morgan fingerprint density at radius 2 is 1.69 bits per heavy atom. The Hall–Kier alpha value is -1.81. The first-order valence-corrected chi connectivity index (χ1v) is 9.88. The number of carboxylic acid groups (broad SMARTS) is 1.